The normalized spacial score (nSPS) is 17.7. The second-order valence-corrected chi connectivity index (χ2v) is 6.81. The summed E-state index contributed by atoms with van der Waals surface area (Å²) in [5.74, 6) is 0.110. The quantitative estimate of drug-likeness (QED) is 0.716. The lowest BCUT2D eigenvalue weighted by Crippen LogP contribution is -2.32. The van der Waals surface area contributed by atoms with Gasteiger partial charge in [0.2, 0.25) is 5.91 Å². The number of hydrogen-bond acceptors (Lipinski definition) is 5. The van der Waals surface area contributed by atoms with E-state index in [1.807, 2.05) is 21.7 Å². The van der Waals surface area contributed by atoms with Gasteiger partial charge in [-0.25, -0.2) is 14.8 Å². The van der Waals surface area contributed by atoms with Crippen LogP contribution in [0.3, 0.4) is 0 Å². The van der Waals surface area contributed by atoms with E-state index in [1.165, 1.54) is 6.33 Å². The van der Waals surface area contributed by atoms with E-state index in [1.54, 1.807) is 33.7 Å². The number of imidazole rings is 1. The van der Waals surface area contributed by atoms with Crippen LogP contribution in [0.5, 0.6) is 0 Å². The Hall–Kier alpha value is -2.48. The van der Waals surface area contributed by atoms with Crippen LogP contribution in [0.15, 0.2) is 34.1 Å². The fraction of sp³-hybridized carbons (Fsp3) is 0.375. The number of nitrogens with zero attached hydrogens (tertiary/aromatic N) is 5. The molecular weight excluding hydrogens is 326 g/mol. The molecule has 3 aromatic rings. The van der Waals surface area contributed by atoms with Crippen LogP contribution in [0.2, 0.25) is 0 Å². The average Bonchev–Trinajstić information content (AvgIpc) is 3.30. The summed E-state index contributed by atoms with van der Waals surface area (Å²) in [7, 11) is 1.72. The van der Waals surface area contributed by atoms with Crippen LogP contribution in [-0.2, 0) is 18.3 Å². The molecule has 0 bridgehead atoms. The molecule has 1 aliphatic heterocycles. The summed E-state index contributed by atoms with van der Waals surface area (Å²) in [6.07, 6.45) is 4.28. The van der Waals surface area contributed by atoms with Crippen LogP contribution in [0.1, 0.15) is 18.0 Å². The van der Waals surface area contributed by atoms with Gasteiger partial charge in [-0.1, -0.05) is 0 Å². The van der Waals surface area contributed by atoms with Gasteiger partial charge < -0.3 is 4.90 Å². The number of aryl methyl sites for hydroxylation is 1. The monoisotopic (exact) mass is 343 g/mol. The zero-order valence-electron chi connectivity index (χ0n) is 13.3. The SMILES string of the molecule is Cn1c(=O)n(C2CCN(C(=O)Cc3ccsc3)C2)c2ncncc21. The lowest BCUT2D eigenvalue weighted by Gasteiger charge is -2.16. The van der Waals surface area contributed by atoms with Crippen molar-refractivity contribution >= 4 is 28.4 Å². The second kappa shape index (κ2) is 5.86. The van der Waals surface area contributed by atoms with Gasteiger partial charge in [0.05, 0.1) is 18.7 Å². The Labute approximate surface area is 142 Å². The molecule has 1 unspecified atom stereocenters. The van der Waals surface area contributed by atoms with Gasteiger partial charge in [0.1, 0.15) is 11.8 Å². The molecule has 0 aromatic carbocycles. The summed E-state index contributed by atoms with van der Waals surface area (Å²) in [5, 5.41) is 3.97. The number of amides is 1. The molecular formula is C16H17N5O2S. The molecule has 8 heteroatoms. The molecule has 1 saturated heterocycles. The molecule has 7 nitrogen and oxygen atoms in total. The van der Waals surface area contributed by atoms with Crippen molar-refractivity contribution in [2.24, 2.45) is 7.05 Å². The maximum atomic E-state index is 12.6. The van der Waals surface area contributed by atoms with Gasteiger partial charge >= 0.3 is 5.69 Å². The minimum Gasteiger partial charge on any atom is -0.340 e. The highest BCUT2D eigenvalue weighted by Crippen LogP contribution is 2.24. The molecule has 1 atom stereocenters. The van der Waals surface area contributed by atoms with Gasteiger partial charge in [0.15, 0.2) is 5.65 Å². The molecule has 1 fully saturated rings. The molecule has 0 spiro atoms. The van der Waals surface area contributed by atoms with Gasteiger partial charge in [-0.05, 0) is 28.8 Å². The van der Waals surface area contributed by atoms with Gasteiger partial charge in [-0.15, -0.1) is 0 Å². The van der Waals surface area contributed by atoms with Crippen LogP contribution in [0.25, 0.3) is 11.2 Å². The number of fused-ring (bicyclic) bond motifs is 1. The predicted molar refractivity (Wildman–Crippen MR) is 91.0 cm³/mol. The number of thiophene rings is 1. The van der Waals surface area contributed by atoms with Crippen LogP contribution in [0, 0.1) is 0 Å². The lowest BCUT2D eigenvalue weighted by atomic mass is 10.2. The molecule has 0 N–H and O–H groups in total. The predicted octanol–water partition coefficient (Wildman–Crippen LogP) is 1.21. The van der Waals surface area contributed by atoms with E-state index >= 15 is 0 Å². The molecule has 4 heterocycles. The van der Waals surface area contributed by atoms with E-state index in [-0.39, 0.29) is 17.6 Å². The number of aromatic nitrogens is 4. The molecule has 3 aromatic heterocycles. The molecule has 0 saturated carbocycles. The third-order valence-electron chi connectivity index (χ3n) is 4.57. The fourth-order valence-corrected chi connectivity index (χ4v) is 3.95. The van der Waals surface area contributed by atoms with Crippen LogP contribution < -0.4 is 5.69 Å². The van der Waals surface area contributed by atoms with E-state index < -0.39 is 0 Å². The average molecular weight is 343 g/mol. The summed E-state index contributed by atoms with van der Waals surface area (Å²) in [6.45, 7) is 1.22. The maximum Gasteiger partial charge on any atom is 0.330 e. The van der Waals surface area contributed by atoms with E-state index in [0.717, 1.165) is 12.0 Å². The molecule has 1 amide bonds. The van der Waals surface area contributed by atoms with Gasteiger partial charge in [-0.3, -0.25) is 13.9 Å². The Morgan fingerprint density at radius 2 is 2.33 bits per heavy atom. The highest BCUT2D eigenvalue weighted by Gasteiger charge is 2.30. The largest absolute Gasteiger partial charge is 0.340 e. The van der Waals surface area contributed by atoms with Crippen LogP contribution >= 0.6 is 11.3 Å². The zero-order chi connectivity index (χ0) is 16.7. The molecule has 4 rings (SSSR count). The van der Waals surface area contributed by atoms with Crippen LogP contribution in [0.4, 0.5) is 0 Å². The van der Waals surface area contributed by atoms with Crippen molar-refractivity contribution in [1.82, 2.24) is 24.0 Å². The van der Waals surface area contributed by atoms with Gasteiger partial charge in [-0.2, -0.15) is 11.3 Å². The standard InChI is InChI=1S/C16H17N5O2S/c1-19-13-7-17-10-18-15(13)21(16(19)23)12-2-4-20(8-12)14(22)6-11-3-5-24-9-11/h3,5,7,9-10,12H,2,4,6,8H2,1H3. The van der Waals surface area contributed by atoms with E-state index in [2.05, 4.69) is 9.97 Å². The Bertz CT molecular complexity index is 943. The Morgan fingerprint density at radius 1 is 1.46 bits per heavy atom. The molecule has 124 valence electrons. The summed E-state index contributed by atoms with van der Waals surface area (Å²) in [4.78, 5) is 35.1. The Balaban J connectivity index is 1.58. The summed E-state index contributed by atoms with van der Waals surface area (Å²) in [6, 6.07) is 1.94. The van der Waals surface area contributed by atoms with Crippen molar-refractivity contribution in [1.29, 1.82) is 0 Å². The van der Waals surface area contributed by atoms with Gasteiger partial charge in [0.25, 0.3) is 0 Å². The minimum absolute atomic E-state index is 0.0393. The molecule has 24 heavy (non-hydrogen) atoms. The summed E-state index contributed by atoms with van der Waals surface area (Å²) < 4.78 is 3.26. The van der Waals surface area contributed by atoms with Gasteiger partial charge in [0, 0.05) is 20.1 Å². The summed E-state index contributed by atoms with van der Waals surface area (Å²) >= 11 is 1.59. The van der Waals surface area contributed by atoms with E-state index in [0.29, 0.717) is 30.7 Å². The Morgan fingerprint density at radius 3 is 3.12 bits per heavy atom. The fourth-order valence-electron chi connectivity index (χ4n) is 3.28. The van der Waals surface area contributed by atoms with Crippen molar-refractivity contribution in [3.8, 4) is 0 Å². The molecule has 0 radical (unpaired) electrons. The van der Waals surface area contributed by atoms with E-state index in [4.69, 9.17) is 0 Å². The smallest absolute Gasteiger partial charge is 0.330 e. The first-order chi connectivity index (χ1) is 11.6. The topological polar surface area (TPSA) is 73.0 Å². The molecule has 1 aliphatic rings. The van der Waals surface area contributed by atoms with Crippen molar-refractivity contribution in [3.63, 3.8) is 0 Å². The second-order valence-electron chi connectivity index (χ2n) is 6.03. The first kappa shape index (κ1) is 15.1. The first-order valence-electron chi connectivity index (χ1n) is 7.81. The van der Waals surface area contributed by atoms with E-state index in [9.17, 15) is 9.59 Å². The number of likely N-dealkylation sites (tertiary alicyclic amines) is 1. The van der Waals surface area contributed by atoms with Crippen molar-refractivity contribution in [2.75, 3.05) is 13.1 Å². The maximum absolute atomic E-state index is 12.6. The number of rotatable bonds is 3. The Kier molecular flexibility index (Phi) is 3.68. The van der Waals surface area contributed by atoms with Crippen LogP contribution in [-0.4, -0.2) is 43.0 Å². The minimum atomic E-state index is -0.109. The van der Waals surface area contributed by atoms with Crippen molar-refractivity contribution in [2.45, 2.75) is 18.9 Å². The number of carbonyl (C=O) groups is 1. The number of hydrogen-bond donors (Lipinski definition) is 0. The third kappa shape index (κ3) is 2.43. The highest BCUT2D eigenvalue weighted by molar-refractivity contribution is 7.08. The first-order valence-corrected chi connectivity index (χ1v) is 8.75. The lowest BCUT2D eigenvalue weighted by molar-refractivity contribution is -0.129. The third-order valence-corrected chi connectivity index (χ3v) is 5.30. The number of carbonyl (C=O) groups excluding carboxylic acids is 1. The highest BCUT2D eigenvalue weighted by atomic mass is 32.1. The molecule has 0 aliphatic carbocycles. The summed E-state index contributed by atoms with van der Waals surface area (Å²) in [5.41, 5.74) is 2.28. The van der Waals surface area contributed by atoms with Crippen molar-refractivity contribution in [3.05, 3.63) is 45.4 Å². The van der Waals surface area contributed by atoms with Crippen molar-refractivity contribution < 1.29 is 4.79 Å². The zero-order valence-corrected chi connectivity index (χ0v) is 14.1.